The number of carbonyl (C=O) groups is 2. The number of aliphatic hydroxyl groups is 5. The first-order chi connectivity index (χ1) is 20.5. The number of quaternary nitrogens is 1. The average Bonchev–Trinajstić information content (AvgIpc) is 2.97. The smallest absolute Gasteiger partial charge is 0.220 e. The normalized spacial score (nSPS) is 15.8. The van der Waals surface area contributed by atoms with Crippen LogP contribution in [0.3, 0.4) is 0 Å². The van der Waals surface area contributed by atoms with E-state index in [4.69, 9.17) is 15.3 Å². The molecule has 0 heterocycles. The number of allylic oxidation sites excluding steroid dienone is 10. The number of hydrogen-bond acceptors (Lipinski definition) is 8. The molecule has 0 radical (unpaired) electrons. The summed E-state index contributed by atoms with van der Waals surface area (Å²) < 4.78 is 0. The van der Waals surface area contributed by atoms with Crippen molar-refractivity contribution in [1.82, 2.24) is 5.32 Å². The monoisotopic (exact) mass is 610 g/mol. The first-order valence-corrected chi connectivity index (χ1v) is 15.4. The summed E-state index contributed by atoms with van der Waals surface area (Å²) in [6.07, 6.45) is 23.1. The van der Waals surface area contributed by atoms with E-state index in [0.29, 0.717) is 19.3 Å². The molecule has 0 aromatic carbocycles. The third-order valence-corrected chi connectivity index (χ3v) is 6.06. The van der Waals surface area contributed by atoms with Crippen LogP contribution in [0.15, 0.2) is 60.8 Å². The standard InChI is InChI=1S/C26H41NO3.C7H17NO5/c1-4-5-6-7-8-9-10-11-12-13-14-15-16-17-18-19-20-21-25(28)27-24(26(29)30)22-23(2)3;1-8-2-4(10)6(12)7(13)5(11)3-9/h5-6,8-9,11-12,14-15,17-18,23-24H,4,7,10,13,16,19-22H2,1-3H3,(H,27,28)(H,29,30);4-13H,2-3H2,1H3/b6-5-,9-8-,12-11-,15-14-,18-17-;/t24-;/m0./s1. The van der Waals surface area contributed by atoms with Crippen molar-refractivity contribution in [2.24, 2.45) is 5.92 Å². The van der Waals surface area contributed by atoms with Crippen LogP contribution >= 0.6 is 0 Å². The van der Waals surface area contributed by atoms with E-state index < -0.39 is 43.0 Å². The van der Waals surface area contributed by atoms with Crippen molar-refractivity contribution in [1.29, 1.82) is 0 Å². The number of aliphatic hydroxyl groups excluding tert-OH is 5. The third kappa shape index (κ3) is 26.7. The summed E-state index contributed by atoms with van der Waals surface area (Å²) in [6, 6.07) is -0.897. The summed E-state index contributed by atoms with van der Waals surface area (Å²) in [5.74, 6) is -1.25. The van der Waals surface area contributed by atoms with E-state index >= 15 is 0 Å². The van der Waals surface area contributed by atoms with Crippen molar-refractivity contribution < 1.29 is 45.5 Å². The van der Waals surface area contributed by atoms with E-state index in [0.717, 1.165) is 38.5 Å². The first-order valence-electron chi connectivity index (χ1n) is 15.4. The van der Waals surface area contributed by atoms with E-state index in [1.807, 2.05) is 13.8 Å². The van der Waals surface area contributed by atoms with Gasteiger partial charge in [-0.2, -0.15) is 0 Å². The Kier molecular flexibility index (Phi) is 29.1. The van der Waals surface area contributed by atoms with Gasteiger partial charge < -0.3 is 46.1 Å². The van der Waals surface area contributed by atoms with Crippen LogP contribution in [0, 0.1) is 5.92 Å². The molecule has 0 spiro atoms. The van der Waals surface area contributed by atoms with Crippen molar-refractivity contribution in [3.05, 3.63) is 60.8 Å². The molecule has 248 valence electrons. The number of amides is 1. The fraction of sp³-hybridized carbons (Fsp3) is 0.636. The number of likely N-dealkylation sites (N-methyl/N-ethyl adjacent to an activating group) is 1. The molecule has 43 heavy (non-hydrogen) atoms. The van der Waals surface area contributed by atoms with Gasteiger partial charge in [0.25, 0.3) is 0 Å². The second kappa shape index (κ2) is 29.5. The van der Waals surface area contributed by atoms with Crippen LogP contribution < -0.4 is 15.7 Å². The van der Waals surface area contributed by atoms with Gasteiger partial charge in [-0.05, 0) is 57.3 Å². The first kappa shape index (κ1) is 42.5. The predicted octanol–water partition coefficient (Wildman–Crippen LogP) is 0.804. The number of carboxylic acid groups (broad SMARTS) is 1. The summed E-state index contributed by atoms with van der Waals surface area (Å²) in [4.78, 5) is 22.9. The Hall–Kier alpha value is -2.60. The van der Waals surface area contributed by atoms with E-state index in [1.165, 1.54) is 0 Å². The molecular weight excluding hydrogens is 552 g/mol. The molecule has 0 aliphatic heterocycles. The molecule has 4 unspecified atom stereocenters. The zero-order valence-corrected chi connectivity index (χ0v) is 26.6. The van der Waals surface area contributed by atoms with Gasteiger partial charge >= 0.3 is 0 Å². The number of unbranched alkanes of at least 4 members (excludes halogenated alkanes) is 1. The zero-order chi connectivity index (χ0) is 32.9. The van der Waals surface area contributed by atoms with Gasteiger partial charge in [0.05, 0.1) is 25.7 Å². The predicted molar refractivity (Wildman–Crippen MR) is 169 cm³/mol. The van der Waals surface area contributed by atoms with Gasteiger partial charge in [-0.3, -0.25) is 4.79 Å². The SMILES string of the molecule is CC/C=C\C/C=C\C/C=C\C/C=C\C/C=C\CCCC(=O)N[C@@H](CC(C)C)C(=O)[O-].C[NH2+]CC(O)C(O)C(O)C(O)CO. The number of hydrogen-bond donors (Lipinski definition) is 7. The van der Waals surface area contributed by atoms with Gasteiger partial charge in [0.1, 0.15) is 31.0 Å². The number of aliphatic carboxylic acids is 1. The van der Waals surface area contributed by atoms with E-state index in [1.54, 1.807) is 12.4 Å². The Morgan fingerprint density at radius 1 is 0.791 bits per heavy atom. The highest BCUT2D eigenvalue weighted by Gasteiger charge is 2.30. The van der Waals surface area contributed by atoms with Gasteiger partial charge in [-0.15, -0.1) is 0 Å². The fourth-order valence-corrected chi connectivity index (χ4v) is 3.65. The number of nitrogens with two attached hydrogens (primary N) is 1. The Morgan fingerprint density at radius 2 is 1.26 bits per heavy atom. The van der Waals surface area contributed by atoms with Gasteiger partial charge in [-0.1, -0.05) is 81.5 Å². The van der Waals surface area contributed by atoms with Crippen molar-refractivity contribution in [2.45, 2.75) is 109 Å². The molecule has 0 aromatic rings. The Balaban J connectivity index is 0. The molecule has 0 rings (SSSR count). The average molecular weight is 611 g/mol. The summed E-state index contributed by atoms with van der Waals surface area (Å²) in [5, 5.41) is 60.2. The molecule has 5 atom stereocenters. The van der Waals surface area contributed by atoms with Gasteiger partial charge in [-0.25, -0.2) is 0 Å². The number of nitrogens with one attached hydrogen (secondary N) is 1. The number of rotatable bonds is 23. The molecular formula is C33H58N2O8. The maximum Gasteiger partial charge on any atom is 0.220 e. The van der Waals surface area contributed by atoms with Crippen molar-refractivity contribution >= 4 is 11.9 Å². The quantitative estimate of drug-likeness (QED) is 0.0654. The van der Waals surface area contributed by atoms with E-state index in [-0.39, 0.29) is 18.4 Å². The second-order valence-corrected chi connectivity index (χ2v) is 10.6. The highest BCUT2D eigenvalue weighted by molar-refractivity contribution is 5.82. The summed E-state index contributed by atoms with van der Waals surface area (Å²) in [7, 11) is 1.70. The minimum Gasteiger partial charge on any atom is -0.548 e. The third-order valence-electron chi connectivity index (χ3n) is 6.06. The number of carbonyl (C=O) groups excluding carboxylic acids is 2. The fourth-order valence-electron chi connectivity index (χ4n) is 3.65. The molecule has 8 N–H and O–H groups in total. The lowest BCUT2D eigenvalue weighted by Crippen LogP contribution is -2.83. The highest BCUT2D eigenvalue weighted by Crippen LogP contribution is 2.06. The molecule has 0 fully saturated rings. The van der Waals surface area contributed by atoms with Crippen LogP contribution in [0.25, 0.3) is 0 Å². The Bertz CT molecular complexity index is 839. The topological polar surface area (TPSA) is 187 Å². The van der Waals surface area contributed by atoms with Crippen LogP contribution in [0.1, 0.15) is 78.6 Å². The lowest BCUT2D eigenvalue weighted by molar-refractivity contribution is -0.635. The summed E-state index contributed by atoms with van der Waals surface area (Å²) >= 11 is 0. The van der Waals surface area contributed by atoms with Crippen molar-refractivity contribution in [2.75, 3.05) is 20.2 Å². The molecule has 0 saturated carbocycles. The molecule has 10 nitrogen and oxygen atoms in total. The van der Waals surface area contributed by atoms with Gasteiger partial charge in [0.15, 0.2) is 0 Å². The minimum absolute atomic E-state index is 0.189. The van der Waals surface area contributed by atoms with Crippen molar-refractivity contribution in [3.8, 4) is 0 Å². The molecule has 10 heteroatoms. The van der Waals surface area contributed by atoms with Gasteiger partial charge in [0, 0.05) is 6.42 Å². The molecule has 0 aliphatic carbocycles. The maximum atomic E-state index is 11.8. The Morgan fingerprint density at radius 3 is 1.67 bits per heavy atom. The maximum absolute atomic E-state index is 11.8. The summed E-state index contributed by atoms with van der Waals surface area (Å²) in [5.41, 5.74) is 0. The molecule has 1 amide bonds. The van der Waals surface area contributed by atoms with Crippen LogP contribution in [0.2, 0.25) is 0 Å². The largest absolute Gasteiger partial charge is 0.548 e. The number of carboxylic acids is 1. The molecule has 0 saturated heterocycles. The van der Waals surface area contributed by atoms with Gasteiger partial charge in [0.2, 0.25) is 5.91 Å². The van der Waals surface area contributed by atoms with Crippen LogP contribution in [-0.4, -0.2) is 88.1 Å². The lowest BCUT2D eigenvalue weighted by atomic mass is 10.0. The highest BCUT2D eigenvalue weighted by atomic mass is 16.4. The van der Waals surface area contributed by atoms with E-state index in [9.17, 15) is 24.9 Å². The van der Waals surface area contributed by atoms with Crippen molar-refractivity contribution in [3.63, 3.8) is 0 Å². The Labute approximate surface area is 258 Å². The summed E-state index contributed by atoms with van der Waals surface area (Å²) in [6.45, 7) is 5.55. The molecule has 0 aliphatic rings. The second-order valence-electron chi connectivity index (χ2n) is 10.6. The molecule has 0 bridgehead atoms. The zero-order valence-electron chi connectivity index (χ0n) is 26.6. The molecule has 0 aromatic heterocycles. The van der Waals surface area contributed by atoms with E-state index in [2.05, 4.69) is 73.0 Å². The minimum atomic E-state index is -1.53. The van der Waals surface area contributed by atoms with Crippen LogP contribution in [0.5, 0.6) is 0 Å². The van der Waals surface area contributed by atoms with Crippen LogP contribution in [-0.2, 0) is 9.59 Å². The van der Waals surface area contributed by atoms with Crippen LogP contribution in [0.4, 0.5) is 0 Å². The lowest BCUT2D eigenvalue weighted by Gasteiger charge is -2.24.